The second kappa shape index (κ2) is 15.5. The Hall–Kier alpha value is -4.41. The number of anilines is 1. The number of carbonyl (C=O) groups is 2. The molecule has 1 heterocycles. The van der Waals surface area contributed by atoms with E-state index < -0.39 is 19.7 Å². The normalized spacial score (nSPS) is 13.0. The summed E-state index contributed by atoms with van der Waals surface area (Å²) in [5, 5.41) is 17.7. The Morgan fingerprint density at radius 2 is 1.76 bits per heavy atom. The van der Waals surface area contributed by atoms with Crippen molar-refractivity contribution in [2.24, 2.45) is 0 Å². The lowest BCUT2D eigenvalue weighted by Gasteiger charge is -2.25. The van der Waals surface area contributed by atoms with Crippen LogP contribution in [0.25, 0.3) is 6.08 Å². The van der Waals surface area contributed by atoms with E-state index in [0.717, 1.165) is 0 Å². The van der Waals surface area contributed by atoms with E-state index in [1.165, 1.54) is 25.8 Å². The van der Waals surface area contributed by atoms with Gasteiger partial charge in [0.05, 0.1) is 29.8 Å². The minimum absolute atomic E-state index is 0.0875. The van der Waals surface area contributed by atoms with Gasteiger partial charge in [0.25, 0.3) is 5.91 Å². The van der Waals surface area contributed by atoms with Gasteiger partial charge in [-0.25, -0.2) is 9.65 Å². The van der Waals surface area contributed by atoms with Crippen LogP contribution in [0.15, 0.2) is 107 Å². The summed E-state index contributed by atoms with van der Waals surface area (Å²) in [7, 11) is -1.34. The molecule has 4 aromatic rings. The van der Waals surface area contributed by atoms with E-state index in [-0.39, 0.29) is 23.1 Å². The second-order valence-electron chi connectivity index (χ2n) is 9.47. The number of hydrogen-bond donors (Lipinski definition) is 4. The summed E-state index contributed by atoms with van der Waals surface area (Å²) in [6, 6.07) is 23.0. The second-order valence-corrected chi connectivity index (χ2v) is 12.8. The molecule has 10 nitrogen and oxygen atoms in total. The van der Waals surface area contributed by atoms with E-state index >= 15 is 0 Å². The summed E-state index contributed by atoms with van der Waals surface area (Å²) >= 11 is 7.35. The number of ether oxygens (including phenoxy) is 1. The lowest BCUT2D eigenvalue weighted by atomic mass is 10.1. The van der Waals surface area contributed by atoms with Gasteiger partial charge in [0.1, 0.15) is 11.8 Å². The molecule has 4 rings (SSSR count). The predicted molar refractivity (Wildman–Crippen MR) is 178 cm³/mol. The zero-order valence-electron chi connectivity index (χ0n) is 24.6. The van der Waals surface area contributed by atoms with Gasteiger partial charge in [-0.15, -0.1) is 0 Å². The van der Waals surface area contributed by atoms with Gasteiger partial charge in [0.15, 0.2) is 0 Å². The SMILES string of the molecule is CNC(=O)c1ccccc1Sc1ccc(C(=N)/C=C/c2ccccn2)c(NP(=O)(NC(C)C(=O)OC)Oc2ccc(Cl)cc2)c1. The first-order chi connectivity index (χ1) is 21.6. The highest BCUT2D eigenvalue weighted by Gasteiger charge is 2.32. The lowest BCUT2D eigenvalue weighted by molar-refractivity contribution is -0.142. The van der Waals surface area contributed by atoms with Crippen molar-refractivity contribution in [1.29, 1.82) is 5.41 Å². The number of allylic oxidation sites excluding steroid dienone is 1. The van der Waals surface area contributed by atoms with Gasteiger partial charge in [0, 0.05) is 33.6 Å². The van der Waals surface area contributed by atoms with Crippen molar-refractivity contribution in [2.45, 2.75) is 22.8 Å². The Balaban J connectivity index is 1.77. The van der Waals surface area contributed by atoms with E-state index in [2.05, 4.69) is 20.5 Å². The summed E-state index contributed by atoms with van der Waals surface area (Å²) in [5.74, 6) is -0.675. The maximum Gasteiger partial charge on any atom is 0.417 e. The summed E-state index contributed by atoms with van der Waals surface area (Å²) in [4.78, 5) is 30.5. The highest BCUT2D eigenvalue weighted by Crippen LogP contribution is 2.46. The molecular formula is C32H31ClN5O5PS. The molecule has 0 fully saturated rings. The molecule has 0 saturated carbocycles. The molecule has 0 saturated heterocycles. The fraction of sp³-hybridized carbons (Fsp3) is 0.125. The standard InChI is InChI=1S/C32H31ClN5O5PS/c1-21(32(40)42-3)37-44(41,43-24-14-11-22(33)12-15-24)38-29-20-25(45-30-10-5-4-9-27(30)31(39)35-2)16-17-26(29)28(34)18-13-23-8-6-7-19-36-23/h4-21,34H,1-3H3,(H,35,39)(H2,37,38,41)/b18-13+,34-28?. The first kappa shape index (κ1) is 33.5. The Morgan fingerprint density at radius 3 is 2.44 bits per heavy atom. The zero-order chi connectivity index (χ0) is 32.4. The number of benzene rings is 3. The summed E-state index contributed by atoms with van der Waals surface area (Å²) in [6.45, 7) is 1.49. The molecule has 4 N–H and O–H groups in total. The van der Waals surface area contributed by atoms with Crippen LogP contribution in [0.4, 0.5) is 5.69 Å². The molecule has 2 unspecified atom stereocenters. The molecule has 0 aliphatic rings. The van der Waals surface area contributed by atoms with Crippen LogP contribution in [0.5, 0.6) is 5.75 Å². The fourth-order valence-corrected chi connectivity index (χ4v) is 6.83. The van der Waals surface area contributed by atoms with E-state index in [1.54, 1.807) is 92.1 Å². The molecule has 3 aromatic carbocycles. The minimum Gasteiger partial charge on any atom is -0.468 e. The number of carbonyl (C=O) groups excluding carboxylic acids is 2. The largest absolute Gasteiger partial charge is 0.468 e. The van der Waals surface area contributed by atoms with E-state index in [0.29, 0.717) is 31.6 Å². The number of aromatic nitrogens is 1. The highest BCUT2D eigenvalue weighted by atomic mass is 35.5. The van der Waals surface area contributed by atoms with Gasteiger partial charge in [-0.05, 0) is 85.8 Å². The Bertz CT molecular complexity index is 1750. The topological polar surface area (TPSA) is 142 Å². The van der Waals surface area contributed by atoms with Gasteiger partial charge in [-0.1, -0.05) is 41.6 Å². The van der Waals surface area contributed by atoms with Crippen molar-refractivity contribution in [3.8, 4) is 5.75 Å². The summed E-state index contributed by atoms with van der Waals surface area (Å²) < 4.78 is 25.2. The smallest absolute Gasteiger partial charge is 0.417 e. The van der Waals surface area contributed by atoms with Crippen LogP contribution in [0.2, 0.25) is 5.02 Å². The van der Waals surface area contributed by atoms with Crippen LogP contribution < -0.4 is 20.0 Å². The summed E-state index contributed by atoms with van der Waals surface area (Å²) in [6.07, 6.45) is 4.92. The molecule has 232 valence electrons. The van der Waals surface area contributed by atoms with Gasteiger partial charge in [-0.2, -0.15) is 0 Å². The van der Waals surface area contributed by atoms with Gasteiger partial charge < -0.3 is 20.0 Å². The van der Waals surface area contributed by atoms with E-state index in [4.69, 9.17) is 26.3 Å². The van der Waals surface area contributed by atoms with Gasteiger partial charge >= 0.3 is 13.6 Å². The molecule has 45 heavy (non-hydrogen) atoms. The quantitative estimate of drug-likeness (QED) is 0.0671. The number of methoxy groups -OCH3 is 1. The number of hydrogen-bond acceptors (Lipinski definition) is 8. The summed E-state index contributed by atoms with van der Waals surface area (Å²) in [5.41, 5.74) is 1.89. The van der Waals surface area contributed by atoms with Crippen molar-refractivity contribution >= 4 is 60.4 Å². The van der Waals surface area contributed by atoms with Crippen LogP contribution in [-0.4, -0.2) is 42.8 Å². The van der Waals surface area contributed by atoms with Crippen LogP contribution in [-0.2, 0) is 14.1 Å². The average Bonchev–Trinajstić information content (AvgIpc) is 3.04. The molecule has 13 heteroatoms. The molecule has 0 aliphatic heterocycles. The third-order valence-corrected chi connectivity index (χ3v) is 9.26. The molecular weight excluding hydrogens is 633 g/mol. The molecule has 0 radical (unpaired) electrons. The minimum atomic E-state index is -4.13. The predicted octanol–water partition coefficient (Wildman–Crippen LogP) is 7.08. The van der Waals surface area contributed by atoms with Crippen molar-refractivity contribution in [3.05, 3.63) is 119 Å². The zero-order valence-corrected chi connectivity index (χ0v) is 27.1. The van der Waals surface area contributed by atoms with Crippen molar-refractivity contribution < 1.29 is 23.4 Å². The maximum atomic E-state index is 14.4. The molecule has 1 amide bonds. The molecule has 0 aliphatic carbocycles. The van der Waals surface area contributed by atoms with Gasteiger partial charge in [-0.3, -0.25) is 19.7 Å². The molecule has 0 bridgehead atoms. The lowest BCUT2D eigenvalue weighted by Crippen LogP contribution is -2.36. The first-order valence-electron chi connectivity index (χ1n) is 13.6. The van der Waals surface area contributed by atoms with E-state index in [9.17, 15) is 14.2 Å². The molecule has 1 aromatic heterocycles. The highest BCUT2D eigenvalue weighted by molar-refractivity contribution is 7.99. The first-order valence-corrected chi connectivity index (χ1v) is 16.4. The number of amides is 1. The monoisotopic (exact) mass is 663 g/mol. The van der Waals surface area contributed by atoms with Crippen LogP contribution >= 0.6 is 31.0 Å². The number of nitrogens with zero attached hydrogens (tertiary/aromatic N) is 1. The van der Waals surface area contributed by atoms with Gasteiger partial charge in [0.2, 0.25) is 0 Å². The van der Waals surface area contributed by atoms with Crippen LogP contribution in [0, 0.1) is 5.41 Å². The Kier molecular flexibility index (Phi) is 11.6. The van der Waals surface area contributed by atoms with E-state index in [1.807, 2.05) is 18.2 Å². The van der Waals surface area contributed by atoms with Crippen molar-refractivity contribution in [1.82, 2.24) is 15.4 Å². The third kappa shape index (κ3) is 9.29. The average molecular weight is 664 g/mol. The van der Waals surface area contributed by atoms with Crippen LogP contribution in [0.1, 0.15) is 28.5 Å². The molecule has 0 spiro atoms. The van der Waals surface area contributed by atoms with Crippen molar-refractivity contribution in [3.63, 3.8) is 0 Å². The third-order valence-electron chi connectivity index (χ3n) is 6.21. The van der Waals surface area contributed by atoms with Crippen molar-refractivity contribution in [2.75, 3.05) is 19.2 Å². The number of nitrogens with one attached hydrogen (secondary N) is 4. The number of halogens is 1. The Labute approximate surface area is 270 Å². The fourth-order valence-electron chi connectivity index (χ4n) is 4.02. The Morgan fingerprint density at radius 1 is 1.02 bits per heavy atom. The van der Waals surface area contributed by atoms with Crippen LogP contribution in [0.3, 0.4) is 0 Å². The number of pyridine rings is 1. The molecule has 2 atom stereocenters. The maximum absolute atomic E-state index is 14.4. The number of rotatable bonds is 13. The number of esters is 1.